The van der Waals surface area contributed by atoms with Crippen LogP contribution in [0.25, 0.3) is 0 Å². The molecule has 0 atom stereocenters. The Morgan fingerprint density at radius 1 is 1.20 bits per heavy atom. The third kappa shape index (κ3) is 3.37. The predicted octanol–water partition coefficient (Wildman–Crippen LogP) is 0.685. The number of hydrogen-bond donors (Lipinski definition) is 2. The number of benzene rings is 1. The van der Waals surface area contributed by atoms with Gasteiger partial charge >= 0.3 is 0 Å². The van der Waals surface area contributed by atoms with Gasteiger partial charge < -0.3 is 0 Å². The number of aryl methyl sites for hydroxylation is 1. The van der Waals surface area contributed by atoms with E-state index in [1.807, 2.05) is 0 Å². The second-order valence-corrected chi connectivity index (χ2v) is 5.67. The molecule has 8 heteroatoms. The molecule has 0 saturated carbocycles. The molecule has 1 amide bonds. The zero-order valence-corrected chi connectivity index (χ0v) is 11.4. The van der Waals surface area contributed by atoms with Crippen molar-refractivity contribution in [2.45, 2.75) is 11.8 Å². The smallest absolute Gasteiger partial charge is 0.258 e. The summed E-state index contributed by atoms with van der Waals surface area (Å²) in [6, 6.07) is 5.76. The van der Waals surface area contributed by atoms with Gasteiger partial charge in [-0.1, -0.05) is 0 Å². The largest absolute Gasteiger partial charge is 0.290 e. The van der Waals surface area contributed by atoms with Gasteiger partial charge in [-0.3, -0.25) is 10.1 Å². The van der Waals surface area contributed by atoms with Crippen LogP contribution in [0.4, 0.5) is 5.95 Å². The van der Waals surface area contributed by atoms with E-state index in [0.717, 1.165) is 0 Å². The van der Waals surface area contributed by atoms with Crippen molar-refractivity contribution in [1.82, 2.24) is 9.97 Å². The lowest BCUT2D eigenvalue weighted by Gasteiger charge is -2.06. The molecule has 3 N–H and O–H groups in total. The van der Waals surface area contributed by atoms with Crippen LogP contribution in [0, 0.1) is 6.92 Å². The minimum Gasteiger partial charge on any atom is -0.290 e. The zero-order valence-electron chi connectivity index (χ0n) is 10.6. The van der Waals surface area contributed by atoms with E-state index in [9.17, 15) is 13.2 Å². The molecular weight excluding hydrogens is 280 g/mol. The summed E-state index contributed by atoms with van der Waals surface area (Å²) in [4.78, 5) is 19.6. The van der Waals surface area contributed by atoms with Crippen LogP contribution in [-0.2, 0) is 10.0 Å². The Morgan fingerprint density at radius 2 is 1.85 bits per heavy atom. The highest BCUT2D eigenvalue weighted by molar-refractivity contribution is 7.89. The lowest BCUT2D eigenvalue weighted by atomic mass is 10.1. The predicted molar refractivity (Wildman–Crippen MR) is 72.5 cm³/mol. The third-order valence-electron chi connectivity index (χ3n) is 2.43. The molecule has 0 bridgehead atoms. The number of nitrogens with one attached hydrogen (secondary N) is 1. The molecular formula is C12H12N4O3S. The van der Waals surface area contributed by atoms with Gasteiger partial charge in [0, 0.05) is 18.0 Å². The highest BCUT2D eigenvalue weighted by atomic mass is 32.2. The van der Waals surface area contributed by atoms with Crippen LogP contribution in [0.1, 0.15) is 15.9 Å². The van der Waals surface area contributed by atoms with Crippen molar-refractivity contribution >= 4 is 21.9 Å². The first-order valence-electron chi connectivity index (χ1n) is 5.59. The average Bonchev–Trinajstić information content (AvgIpc) is 2.38. The molecule has 1 aromatic heterocycles. The maximum atomic E-state index is 12.0. The molecule has 2 rings (SSSR count). The monoisotopic (exact) mass is 292 g/mol. The van der Waals surface area contributed by atoms with Crippen molar-refractivity contribution in [1.29, 1.82) is 0 Å². The molecule has 0 radical (unpaired) electrons. The van der Waals surface area contributed by atoms with Crippen LogP contribution in [0.3, 0.4) is 0 Å². The van der Waals surface area contributed by atoms with Crippen molar-refractivity contribution in [2.24, 2.45) is 5.14 Å². The Kier molecular flexibility index (Phi) is 3.77. The first-order valence-corrected chi connectivity index (χ1v) is 7.14. The number of rotatable bonds is 3. The molecule has 0 spiro atoms. The van der Waals surface area contributed by atoms with Crippen LogP contribution in [0.2, 0.25) is 0 Å². The molecule has 0 unspecified atom stereocenters. The topological polar surface area (TPSA) is 115 Å². The summed E-state index contributed by atoms with van der Waals surface area (Å²) < 4.78 is 22.7. The lowest BCUT2D eigenvalue weighted by Crippen LogP contribution is -2.17. The fourth-order valence-corrected chi connectivity index (χ4v) is 2.22. The van der Waals surface area contributed by atoms with E-state index in [1.54, 1.807) is 19.1 Å². The summed E-state index contributed by atoms with van der Waals surface area (Å²) in [5, 5.41) is 7.53. The number of nitrogens with two attached hydrogens (primary N) is 1. The van der Waals surface area contributed by atoms with Gasteiger partial charge in [-0.25, -0.2) is 23.5 Å². The standard InChI is InChI=1S/C12H12N4O3S/c1-8-5-9(7-10(6-8)20(13,18)19)11(17)16-12-14-3-2-4-15-12/h2-7H,1H3,(H2,13,18,19)(H,14,15,16,17). The number of primary sulfonamides is 1. The second-order valence-electron chi connectivity index (χ2n) is 4.11. The number of aromatic nitrogens is 2. The summed E-state index contributed by atoms with van der Waals surface area (Å²) in [5.74, 6) is -0.374. The van der Waals surface area contributed by atoms with Gasteiger partial charge in [-0.05, 0) is 36.8 Å². The zero-order chi connectivity index (χ0) is 14.8. The molecule has 104 valence electrons. The number of sulfonamides is 1. The number of hydrogen-bond acceptors (Lipinski definition) is 5. The summed E-state index contributed by atoms with van der Waals surface area (Å²) in [6.45, 7) is 1.67. The minimum absolute atomic E-state index is 0.114. The van der Waals surface area contributed by atoms with Gasteiger partial charge in [0.25, 0.3) is 5.91 Å². The van der Waals surface area contributed by atoms with Crippen LogP contribution in [0.15, 0.2) is 41.6 Å². The summed E-state index contributed by atoms with van der Waals surface area (Å²) in [5.41, 5.74) is 0.775. The summed E-state index contributed by atoms with van der Waals surface area (Å²) in [6.07, 6.45) is 2.96. The van der Waals surface area contributed by atoms with Crippen LogP contribution >= 0.6 is 0 Å². The summed E-state index contributed by atoms with van der Waals surface area (Å²) >= 11 is 0. The van der Waals surface area contributed by atoms with Crippen molar-refractivity contribution < 1.29 is 13.2 Å². The third-order valence-corrected chi connectivity index (χ3v) is 3.33. The van der Waals surface area contributed by atoms with Crippen molar-refractivity contribution in [3.8, 4) is 0 Å². The van der Waals surface area contributed by atoms with Gasteiger partial charge in [0.2, 0.25) is 16.0 Å². The Hall–Kier alpha value is -2.32. The quantitative estimate of drug-likeness (QED) is 0.863. The molecule has 0 aliphatic carbocycles. The first-order chi connectivity index (χ1) is 9.36. The van der Waals surface area contributed by atoms with Crippen molar-refractivity contribution in [3.05, 3.63) is 47.8 Å². The van der Waals surface area contributed by atoms with Crippen LogP contribution < -0.4 is 10.5 Å². The van der Waals surface area contributed by atoms with Gasteiger partial charge in [-0.2, -0.15) is 0 Å². The molecule has 0 saturated heterocycles. The van der Waals surface area contributed by atoms with Crippen molar-refractivity contribution in [3.63, 3.8) is 0 Å². The Labute approximate surface area is 115 Å². The van der Waals surface area contributed by atoms with Gasteiger partial charge in [0.1, 0.15) is 0 Å². The first kappa shape index (κ1) is 14.1. The van der Waals surface area contributed by atoms with Crippen molar-refractivity contribution in [2.75, 3.05) is 5.32 Å². The van der Waals surface area contributed by atoms with E-state index in [2.05, 4.69) is 15.3 Å². The number of carbonyl (C=O) groups is 1. The van der Waals surface area contributed by atoms with E-state index in [-0.39, 0.29) is 16.4 Å². The normalized spacial score (nSPS) is 11.1. The molecule has 1 aromatic carbocycles. The molecule has 20 heavy (non-hydrogen) atoms. The molecule has 0 aliphatic rings. The van der Waals surface area contributed by atoms with E-state index < -0.39 is 15.9 Å². The summed E-state index contributed by atoms with van der Waals surface area (Å²) in [7, 11) is -3.87. The van der Waals surface area contributed by atoms with E-state index in [1.165, 1.54) is 24.5 Å². The number of nitrogens with zero attached hydrogens (tertiary/aromatic N) is 2. The van der Waals surface area contributed by atoms with Crippen LogP contribution in [-0.4, -0.2) is 24.3 Å². The van der Waals surface area contributed by atoms with E-state index >= 15 is 0 Å². The fourth-order valence-electron chi connectivity index (χ4n) is 1.58. The Bertz CT molecular complexity index is 745. The molecule has 0 aliphatic heterocycles. The molecule has 1 heterocycles. The number of carbonyl (C=O) groups excluding carboxylic acids is 1. The van der Waals surface area contributed by atoms with Gasteiger partial charge in [0.15, 0.2) is 0 Å². The highest BCUT2D eigenvalue weighted by Crippen LogP contribution is 2.14. The van der Waals surface area contributed by atoms with Crippen LogP contribution in [0.5, 0.6) is 0 Å². The second kappa shape index (κ2) is 5.35. The maximum absolute atomic E-state index is 12.0. The highest BCUT2D eigenvalue weighted by Gasteiger charge is 2.14. The average molecular weight is 292 g/mol. The number of amides is 1. The Balaban J connectivity index is 2.33. The van der Waals surface area contributed by atoms with Gasteiger partial charge in [-0.15, -0.1) is 0 Å². The van der Waals surface area contributed by atoms with E-state index in [0.29, 0.717) is 5.56 Å². The molecule has 7 nitrogen and oxygen atoms in total. The van der Waals surface area contributed by atoms with E-state index in [4.69, 9.17) is 5.14 Å². The SMILES string of the molecule is Cc1cc(C(=O)Nc2ncccn2)cc(S(N)(=O)=O)c1. The molecule has 0 fully saturated rings. The number of anilines is 1. The fraction of sp³-hybridized carbons (Fsp3) is 0.0833. The minimum atomic E-state index is -3.87. The lowest BCUT2D eigenvalue weighted by molar-refractivity contribution is 0.102. The van der Waals surface area contributed by atoms with Gasteiger partial charge in [0.05, 0.1) is 4.90 Å². The maximum Gasteiger partial charge on any atom is 0.258 e. The molecule has 2 aromatic rings. The Morgan fingerprint density at radius 3 is 2.45 bits per heavy atom.